The highest BCUT2D eigenvalue weighted by Crippen LogP contribution is 2.12. The molecule has 20 heavy (non-hydrogen) atoms. The minimum absolute atomic E-state index is 0.0992. The van der Waals surface area contributed by atoms with Crippen LogP contribution in [0, 0.1) is 11.3 Å². The van der Waals surface area contributed by atoms with E-state index in [-0.39, 0.29) is 24.7 Å². The summed E-state index contributed by atoms with van der Waals surface area (Å²) in [7, 11) is 0. The standard InChI is InChI=1S/C13H13ClN2O4/c14-8-12(18)16-11(13(19)20-6-5-15)7-9-1-3-10(17)4-2-9/h1-4,11,17H,6-8H2,(H,16,18)/t11-/m1/s1. The van der Waals surface area contributed by atoms with Gasteiger partial charge in [-0.25, -0.2) is 4.79 Å². The average Bonchev–Trinajstić information content (AvgIpc) is 2.46. The molecule has 0 aliphatic heterocycles. The molecule has 0 heterocycles. The molecule has 0 bridgehead atoms. The minimum atomic E-state index is -0.931. The van der Waals surface area contributed by atoms with Crippen molar-refractivity contribution < 1.29 is 19.4 Å². The normalized spacial score (nSPS) is 11.2. The van der Waals surface area contributed by atoms with Crippen molar-refractivity contribution >= 4 is 23.5 Å². The van der Waals surface area contributed by atoms with Crippen LogP contribution < -0.4 is 5.32 Å². The topological polar surface area (TPSA) is 99.4 Å². The summed E-state index contributed by atoms with van der Waals surface area (Å²) < 4.78 is 4.69. The highest BCUT2D eigenvalue weighted by molar-refractivity contribution is 6.27. The molecule has 0 unspecified atom stereocenters. The Morgan fingerprint density at radius 1 is 1.40 bits per heavy atom. The fourth-order valence-corrected chi connectivity index (χ4v) is 1.58. The van der Waals surface area contributed by atoms with Gasteiger partial charge in [0.15, 0.2) is 6.61 Å². The number of ether oxygens (including phenoxy) is 1. The molecule has 0 saturated carbocycles. The highest BCUT2D eigenvalue weighted by Gasteiger charge is 2.22. The molecule has 1 rings (SSSR count). The molecule has 0 fully saturated rings. The summed E-state index contributed by atoms with van der Waals surface area (Å²) in [6, 6.07) is 6.92. The van der Waals surface area contributed by atoms with Crippen LogP contribution in [-0.2, 0) is 20.7 Å². The van der Waals surface area contributed by atoms with Gasteiger partial charge < -0.3 is 15.2 Å². The van der Waals surface area contributed by atoms with Crippen LogP contribution in [0.1, 0.15) is 5.56 Å². The molecule has 7 heteroatoms. The van der Waals surface area contributed by atoms with Crippen molar-refractivity contribution in [1.82, 2.24) is 5.32 Å². The van der Waals surface area contributed by atoms with Crippen molar-refractivity contribution in [3.05, 3.63) is 29.8 Å². The molecule has 1 aromatic rings. The van der Waals surface area contributed by atoms with E-state index >= 15 is 0 Å². The monoisotopic (exact) mass is 296 g/mol. The number of phenols is 1. The number of aromatic hydroxyl groups is 1. The number of phenolic OH excluding ortho intramolecular Hbond substituents is 1. The van der Waals surface area contributed by atoms with Gasteiger partial charge in [-0.15, -0.1) is 11.6 Å². The average molecular weight is 297 g/mol. The zero-order valence-corrected chi connectivity index (χ0v) is 11.3. The summed E-state index contributed by atoms with van der Waals surface area (Å²) >= 11 is 5.38. The maximum Gasteiger partial charge on any atom is 0.330 e. The van der Waals surface area contributed by atoms with Crippen molar-refractivity contribution in [3.63, 3.8) is 0 Å². The smallest absolute Gasteiger partial charge is 0.330 e. The number of amides is 1. The molecule has 1 amide bonds. The second kappa shape index (κ2) is 8.02. The van der Waals surface area contributed by atoms with Crippen molar-refractivity contribution in [3.8, 4) is 11.8 Å². The molecular formula is C13H13ClN2O4. The van der Waals surface area contributed by atoms with Gasteiger partial charge in [-0.05, 0) is 17.7 Å². The second-order valence-corrected chi connectivity index (χ2v) is 4.16. The van der Waals surface area contributed by atoms with Gasteiger partial charge in [-0.1, -0.05) is 12.1 Å². The predicted octanol–water partition coefficient (Wildman–Crippen LogP) is 0.725. The van der Waals surface area contributed by atoms with Gasteiger partial charge in [-0.3, -0.25) is 4.79 Å². The lowest BCUT2D eigenvalue weighted by molar-refractivity contribution is -0.146. The van der Waals surface area contributed by atoms with Crippen LogP contribution >= 0.6 is 11.6 Å². The van der Waals surface area contributed by atoms with Crippen molar-refractivity contribution in [2.75, 3.05) is 12.5 Å². The number of hydrogen-bond donors (Lipinski definition) is 2. The third kappa shape index (κ3) is 5.16. The third-order valence-corrected chi connectivity index (χ3v) is 2.64. The molecule has 0 spiro atoms. The minimum Gasteiger partial charge on any atom is -0.508 e. The number of nitrogens with one attached hydrogen (secondary N) is 1. The number of alkyl halides is 1. The molecule has 0 radical (unpaired) electrons. The van der Waals surface area contributed by atoms with Gasteiger partial charge in [0, 0.05) is 6.42 Å². The first kappa shape index (κ1) is 15.8. The molecule has 1 atom stereocenters. The van der Waals surface area contributed by atoms with E-state index in [2.05, 4.69) is 10.1 Å². The number of halogens is 1. The molecule has 2 N–H and O–H groups in total. The van der Waals surface area contributed by atoms with Crippen molar-refractivity contribution in [1.29, 1.82) is 5.26 Å². The Kier molecular flexibility index (Phi) is 6.33. The van der Waals surface area contributed by atoms with Crippen molar-refractivity contribution in [2.24, 2.45) is 0 Å². The Balaban J connectivity index is 2.76. The second-order valence-electron chi connectivity index (χ2n) is 3.89. The predicted molar refractivity (Wildman–Crippen MR) is 71.0 cm³/mol. The van der Waals surface area contributed by atoms with Gasteiger partial charge in [0.25, 0.3) is 0 Å². The van der Waals surface area contributed by atoms with Crippen LogP contribution in [0.2, 0.25) is 0 Å². The number of rotatable bonds is 6. The summed E-state index contributed by atoms with van der Waals surface area (Å²) in [5.74, 6) is -1.40. The number of esters is 1. The summed E-state index contributed by atoms with van der Waals surface area (Å²) in [6.07, 6.45) is 0.174. The van der Waals surface area contributed by atoms with Crippen LogP contribution in [-0.4, -0.2) is 35.5 Å². The van der Waals surface area contributed by atoms with E-state index in [4.69, 9.17) is 16.9 Å². The van der Waals surface area contributed by atoms with Crippen LogP contribution in [0.15, 0.2) is 24.3 Å². The molecule has 0 aromatic heterocycles. The van der Waals surface area contributed by atoms with Gasteiger partial charge in [-0.2, -0.15) is 5.26 Å². The van der Waals surface area contributed by atoms with Gasteiger partial charge >= 0.3 is 5.97 Å². The largest absolute Gasteiger partial charge is 0.508 e. The number of carbonyl (C=O) groups excluding carboxylic acids is 2. The molecule has 0 aliphatic carbocycles. The number of carbonyl (C=O) groups is 2. The number of benzene rings is 1. The zero-order valence-electron chi connectivity index (χ0n) is 10.5. The summed E-state index contributed by atoms with van der Waals surface area (Å²) in [4.78, 5) is 23.0. The third-order valence-electron chi connectivity index (χ3n) is 2.40. The Labute approximate surface area is 120 Å². The van der Waals surface area contributed by atoms with Crippen LogP contribution in [0.5, 0.6) is 5.75 Å². The Morgan fingerprint density at radius 3 is 2.60 bits per heavy atom. The molecule has 0 saturated heterocycles. The van der Waals surface area contributed by atoms with Crippen molar-refractivity contribution in [2.45, 2.75) is 12.5 Å². The molecule has 106 valence electrons. The summed E-state index contributed by atoms with van der Waals surface area (Å²) in [6.45, 7) is -0.387. The maximum atomic E-state index is 11.7. The Hall–Kier alpha value is -2.26. The van der Waals surface area contributed by atoms with E-state index in [0.717, 1.165) is 5.56 Å². The van der Waals surface area contributed by atoms with Crippen LogP contribution in [0.3, 0.4) is 0 Å². The Morgan fingerprint density at radius 2 is 2.05 bits per heavy atom. The fraction of sp³-hybridized carbons (Fsp3) is 0.308. The lowest BCUT2D eigenvalue weighted by atomic mass is 10.1. The SMILES string of the molecule is N#CCOC(=O)[C@@H](Cc1ccc(O)cc1)NC(=O)CCl. The summed E-state index contributed by atoms with van der Waals surface area (Å²) in [5.41, 5.74) is 0.719. The molecule has 0 aliphatic rings. The first-order valence-corrected chi connectivity index (χ1v) is 6.27. The van der Waals surface area contributed by atoms with Crippen LogP contribution in [0.4, 0.5) is 0 Å². The lowest BCUT2D eigenvalue weighted by Crippen LogP contribution is -2.44. The van der Waals surface area contributed by atoms with Crippen LogP contribution in [0.25, 0.3) is 0 Å². The van der Waals surface area contributed by atoms with E-state index in [9.17, 15) is 14.7 Å². The first-order chi connectivity index (χ1) is 9.56. The zero-order chi connectivity index (χ0) is 15.0. The van der Waals surface area contributed by atoms with Gasteiger partial charge in [0.1, 0.15) is 23.7 Å². The molecular weight excluding hydrogens is 284 g/mol. The maximum absolute atomic E-state index is 11.7. The molecule has 6 nitrogen and oxygen atoms in total. The van der Waals surface area contributed by atoms with E-state index in [1.807, 2.05) is 0 Å². The van der Waals surface area contributed by atoms with Gasteiger partial charge in [0.05, 0.1) is 0 Å². The Bertz CT molecular complexity index is 510. The first-order valence-electron chi connectivity index (χ1n) is 5.73. The molecule has 1 aromatic carbocycles. The van der Waals surface area contributed by atoms with Gasteiger partial charge in [0.2, 0.25) is 5.91 Å². The summed E-state index contributed by atoms with van der Waals surface area (Å²) in [5, 5.41) is 20.0. The number of nitrogens with zero attached hydrogens (tertiary/aromatic N) is 1. The number of nitriles is 1. The quantitative estimate of drug-likeness (QED) is 0.595. The number of hydrogen-bond acceptors (Lipinski definition) is 5. The fourth-order valence-electron chi connectivity index (χ4n) is 1.50. The lowest BCUT2D eigenvalue weighted by Gasteiger charge is -2.16. The van der Waals surface area contributed by atoms with E-state index in [1.54, 1.807) is 18.2 Å². The van der Waals surface area contributed by atoms with E-state index < -0.39 is 17.9 Å². The highest BCUT2D eigenvalue weighted by atomic mass is 35.5. The van der Waals surface area contributed by atoms with E-state index in [0.29, 0.717) is 0 Å². The van der Waals surface area contributed by atoms with E-state index in [1.165, 1.54) is 12.1 Å².